The van der Waals surface area contributed by atoms with Crippen molar-refractivity contribution < 1.29 is 27.8 Å². The highest BCUT2D eigenvalue weighted by Gasteiger charge is 2.38. The van der Waals surface area contributed by atoms with Gasteiger partial charge in [0.05, 0.1) is 6.04 Å². The predicted molar refractivity (Wildman–Crippen MR) is 125 cm³/mol. The first-order chi connectivity index (χ1) is 16.8. The molecule has 3 N–H and O–H groups in total. The van der Waals surface area contributed by atoms with Gasteiger partial charge in [-0.3, -0.25) is 4.79 Å². The summed E-state index contributed by atoms with van der Waals surface area (Å²) >= 11 is 0. The monoisotopic (exact) mass is 481 g/mol. The number of nitrogens with two attached hydrogens (primary N) is 1. The second kappa shape index (κ2) is 10.0. The molecule has 0 fully saturated rings. The van der Waals surface area contributed by atoms with Crippen molar-refractivity contribution in [2.45, 2.75) is 25.1 Å². The first kappa shape index (κ1) is 24.0. The number of hydrazone groups is 1. The molecule has 0 bridgehead atoms. The number of rotatable bonds is 7. The molecule has 1 aliphatic heterocycles. The Kier molecular flexibility index (Phi) is 6.88. The van der Waals surface area contributed by atoms with Gasteiger partial charge >= 0.3 is 6.43 Å². The van der Waals surface area contributed by atoms with Crippen LogP contribution in [0.3, 0.4) is 0 Å². The van der Waals surface area contributed by atoms with E-state index in [1.807, 2.05) is 6.07 Å². The first-order valence-electron chi connectivity index (χ1n) is 10.7. The normalized spacial score (nSPS) is 15.2. The van der Waals surface area contributed by atoms with Crippen molar-refractivity contribution >= 4 is 17.6 Å². The van der Waals surface area contributed by atoms with E-state index in [4.69, 9.17) is 10.6 Å². The molecule has 3 aromatic carbocycles. The summed E-state index contributed by atoms with van der Waals surface area (Å²) in [5.74, 6) is 3.00. The van der Waals surface area contributed by atoms with Crippen LogP contribution < -0.4 is 5.84 Å². The predicted octanol–water partition coefficient (Wildman–Crippen LogP) is 4.78. The van der Waals surface area contributed by atoms with Gasteiger partial charge in [-0.15, -0.1) is 5.10 Å². The summed E-state index contributed by atoms with van der Waals surface area (Å²) in [6, 6.07) is 18.4. The standard InChI is InChI=1S/C26H22F3N3O3/c1-15(35-25(31-30)24(28)29)18-7-8-19-14-32(26(34)21(19)13-18)22(16-5-3-2-4-6-16)23(33)17-9-11-20(27)12-10-17/h2-13,22-24,33H,1,14,30H2/b31-25-/t22-,23+/m1/s1. The van der Waals surface area contributed by atoms with Gasteiger partial charge in [0.25, 0.3) is 11.8 Å². The van der Waals surface area contributed by atoms with E-state index in [1.54, 1.807) is 36.4 Å². The van der Waals surface area contributed by atoms with Crippen LogP contribution in [0, 0.1) is 5.82 Å². The maximum absolute atomic E-state index is 13.5. The summed E-state index contributed by atoms with van der Waals surface area (Å²) in [4.78, 5) is 15.0. The molecule has 1 heterocycles. The van der Waals surface area contributed by atoms with Gasteiger partial charge in [-0.2, -0.15) is 8.78 Å². The van der Waals surface area contributed by atoms with Crippen LogP contribution in [-0.2, 0) is 11.3 Å². The number of benzene rings is 3. The minimum Gasteiger partial charge on any atom is -0.437 e. The Morgan fingerprint density at radius 3 is 2.37 bits per heavy atom. The average Bonchev–Trinajstić information content (AvgIpc) is 3.18. The third-order valence-corrected chi connectivity index (χ3v) is 5.79. The molecular formula is C26H22F3N3O3. The Hall–Kier alpha value is -4.11. The van der Waals surface area contributed by atoms with Crippen LogP contribution in [0.25, 0.3) is 5.76 Å². The number of ether oxygens (including phenoxy) is 1. The Bertz CT molecular complexity index is 1260. The maximum Gasteiger partial charge on any atom is 0.314 e. The van der Waals surface area contributed by atoms with E-state index < -0.39 is 30.3 Å². The van der Waals surface area contributed by atoms with Crippen molar-refractivity contribution in [3.05, 3.63) is 113 Å². The van der Waals surface area contributed by atoms with E-state index in [9.17, 15) is 23.1 Å². The number of aliphatic hydroxyl groups is 1. The molecule has 6 nitrogen and oxygen atoms in total. The number of carbonyl (C=O) groups is 1. The topological polar surface area (TPSA) is 88.2 Å². The second-order valence-electron chi connectivity index (χ2n) is 7.95. The molecule has 180 valence electrons. The number of hydrogen-bond donors (Lipinski definition) is 2. The minimum atomic E-state index is -3.03. The quantitative estimate of drug-likeness (QED) is 0.167. The number of nitrogens with zero attached hydrogens (tertiary/aromatic N) is 2. The molecule has 9 heteroatoms. The van der Waals surface area contributed by atoms with Crippen molar-refractivity contribution in [3.63, 3.8) is 0 Å². The van der Waals surface area contributed by atoms with Gasteiger partial charge in [0, 0.05) is 17.7 Å². The molecule has 0 saturated heterocycles. The number of aliphatic hydroxyl groups excluding tert-OH is 1. The number of alkyl halides is 2. The van der Waals surface area contributed by atoms with E-state index in [-0.39, 0.29) is 18.2 Å². The molecular weight excluding hydrogens is 459 g/mol. The highest BCUT2D eigenvalue weighted by molar-refractivity contribution is 5.99. The van der Waals surface area contributed by atoms with Crippen LogP contribution in [0.5, 0.6) is 0 Å². The molecule has 0 unspecified atom stereocenters. The second-order valence-corrected chi connectivity index (χ2v) is 7.95. The molecule has 35 heavy (non-hydrogen) atoms. The van der Waals surface area contributed by atoms with Gasteiger partial charge in [0.2, 0.25) is 0 Å². The zero-order valence-electron chi connectivity index (χ0n) is 18.4. The summed E-state index contributed by atoms with van der Waals surface area (Å²) in [6.45, 7) is 3.84. The van der Waals surface area contributed by atoms with Crippen LogP contribution in [0.15, 0.2) is 84.5 Å². The third kappa shape index (κ3) is 4.90. The van der Waals surface area contributed by atoms with Gasteiger partial charge in [0.15, 0.2) is 0 Å². The highest BCUT2D eigenvalue weighted by Crippen LogP contribution is 2.40. The summed E-state index contributed by atoms with van der Waals surface area (Å²) in [5.41, 5.74) is 2.45. The average molecular weight is 481 g/mol. The lowest BCUT2D eigenvalue weighted by molar-refractivity contribution is 0.0360. The van der Waals surface area contributed by atoms with Gasteiger partial charge in [-0.25, -0.2) is 4.39 Å². The van der Waals surface area contributed by atoms with Gasteiger partial charge in [-0.05, 0) is 34.9 Å². The molecule has 0 aromatic heterocycles. The van der Waals surface area contributed by atoms with Gasteiger partial charge in [-0.1, -0.05) is 61.2 Å². The first-order valence-corrected chi connectivity index (χ1v) is 10.7. The Morgan fingerprint density at radius 1 is 1.06 bits per heavy atom. The molecule has 1 amide bonds. The SMILES string of the molecule is C=C(O/C(=N\N)C(F)F)c1ccc2c(c1)C(=O)N([C@H](c1ccccc1)[C@@H](O)c1ccc(F)cc1)C2. The molecule has 1 aliphatic rings. The number of hydrogen-bond acceptors (Lipinski definition) is 5. The maximum atomic E-state index is 13.5. The highest BCUT2D eigenvalue weighted by atomic mass is 19.3. The molecule has 0 saturated carbocycles. The van der Waals surface area contributed by atoms with Crippen LogP contribution in [0.1, 0.15) is 44.8 Å². The van der Waals surface area contributed by atoms with Crippen molar-refractivity contribution in [2.75, 3.05) is 0 Å². The number of carbonyl (C=O) groups excluding carboxylic acids is 1. The van der Waals surface area contributed by atoms with E-state index in [0.29, 0.717) is 27.8 Å². The molecule has 0 radical (unpaired) electrons. The van der Waals surface area contributed by atoms with E-state index in [0.717, 1.165) is 0 Å². The Morgan fingerprint density at radius 2 is 1.74 bits per heavy atom. The van der Waals surface area contributed by atoms with Gasteiger partial charge in [0.1, 0.15) is 17.7 Å². The molecule has 2 atom stereocenters. The summed E-state index contributed by atoms with van der Waals surface area (Å²) in [6.07, 6.45) is -4.16. The van der Waals surface area contributed by atoms with Crippen molar-refractivity contribution in [1.29, 1.82) is 0 Å². The largest absolute Gasteiger partial charge is 0.437 e. The lowest BCUT2D eigenvalue weighted by atomic mass is 9.94. The summed E-state index contributed by atoms with van der Waals surface area (Å²) in [7, 11) is 0. The van der Waals surface area contributed by atoms with Crippen LogP contribution in [0.2, 0.25) is 0 Å². The zero-order chi connectivity index (χ0) is 25.1. The fraction of sp³-hybridized carbons (Fsp3) is 0.154. The Labute approximate surface area is 199 Å². The smallest absolute Gasteiger partial charge is 0.314 e. The van der Waals surface area contributed by atoms with E-state index in [1.165, 1.54) is 35.2 Å². The third-order valence-electron chi connectivity index (χ3n) is 5.79. The molecule has 4 rings (SSSR count). The Balaban J connectivity index is 1.66. The van der Waals surface area contributed by atoms with Crippen molar-refractivity contribution in [3.8, 4) is 0 Å². The van der Waals surface area contributed by atoms with Crippen molar-refractivity contribution in [1.82, 2.24) is 4.90 Å². The van der Waals surface area contributed by atoms with Crippen LogP contribution >= 0.6 is 0 Å². The molecule has 0 spiro atoms. The van der Waals surface area contributed by atoms with E-state index in [2.05, 4.69) is 11.7 Å². The fourth-order valence-corrected chi connectivity index (χ4v) is 4.06. The minimum absolute atomic E-state index is 0.144. The molecule has 0 aliphatic carbocycles. The number of amides is 1. The van der Waals surface area contributed by atoms with E-state index >= 15 is 0 Å². The zero-order valence-corrected chi connectivity index (χ0v) is 18.4. The molecule has 3 aromatic rings. The number of halogens is 3. The summed E-state index contributed by atoms with van der Waals surface area (Å²) in [5, 5.41) is 14.2. The van der Waals surface area contributed by atoms with Crippen LogP contribution in [0.4, 0.5) is 13.2 Å². The number of fused-ring (bicyclic) bond motifs is 1. The summed E-state index contributed by atoms with van der Waals surface area (Å²) < 4.78 is 44.3. The van der Waals surface area contributed by atoms with Gasteiger partial charge < -0.3 is 20.6 Å². The lowest BCUT2D eigenvalue weighted by Crippen LogP contribution is -2.33. The van der Waals surface area contributed by atoms with Crippen molar-refractivity contribution in [2.24, 2.45) is 10.9 Å². The van der Waals surface area contributed by atoms with Crippen LogP contribution in [-0.4, -0.2) is 28.2 Å². The fourth-order valence-electron chi connectivity index (χ4n) is 4.06. The lowest BCUT2D eigenvalue weighted by Gasteiger charge is -2.32.